The molecule has 0 saturated carbocycles. The largest absolute Gasteiger partial charge is 0.396 e. The highest BCUT2D eigenvalue weighted by molar-refractivity contribution is 5.81. The Hall–Kier alpha value is -2.62. The zero-order valence-corrected chi connectivity index (χ0v) is 10.1. The third-order valence-electron chi connectivity index (χ3n) is 3.78. The van der Waals surface area contributed by atoms with Gasteiger partial charge in [0.1, 0.15) is 6.54 Å². The maximum absolute atomic E-state index is 5.92. The van der Waals surface area contributed by atoms with Crippen LogP contribution in [0.15, 0.2) is 53.3 Å². The van der Waals surface area contributed by atoms with E-state index < -0.39 is 0 Å². The van der Waals surface area contributed by atoms with Gasteiger partial charge in [0.25, 0.3) is 12.0 Å². The molecule has 1 aliphatic rings. The molecule has 4 aromatic rings. The highest BCUT2D eigenvalue weighted by atomic mass is 16.4. The number of hydrogen-bond acceptors (Lipinski definition) is 2. The summed E-state index contributed by atoms with van der Waals surface area (Å²) in [5, 5.41) is 0. The normalized spacial score (nSPS) is 13.1. The van der Waals surface area contributed by atoms with E-state index in [0.29, 0.717) is 5.71 Å². The van der Waals surface area contributed by atoms with Crippen molar-refractivity contribution in [2.24, 2.45) is 0 Å². The second-order valence-corrected chi connectivity index (χ2v) is 4.85. The summed E-state index contributed by atoms with van der Waals surface area (Å²) in [6.07, 6.45) is 3.85. The number of pyridine rings is 1. The Kier molecular flexibility index (Phi) is 1.49. The molecule has 90 valence electrons. The van der Waals surface area contributed by atoms with Crippen LogP contribution in [-0.2, 0) is 6.54 Å². The maximum atomic E-state index is 5.92. The molecular weight excluding hydrogens is 238 g/mol. The van der Waals surface area contributed by atoms with Crippen LogP contribution in [0.4, 0.5) is 0 Å². The Bertz CT molecular complexity index is 949. The van der Waals surface area contributed by atoms with E-state index in [1.165, 1.54) is 11.1 Å². The Morgan fingerprint density at radius 2 is 2.11 bits per heavy atom. The molecule has 4 heterocycles. The van der Waals surface area contributed by atoms with Gasteiger partial charge in [-0.2, -0.15) is 4.40 Å². The minimum absolute atomic E-state index is 0.685. The first-order valence-corrected chi connectivity index (χ1v) is 6.28. The van der Waals surface area contributed by atoms with E-state index in [9.17, 15) is 0 Å². The lowest BCUT2D eigenvalue weighted by molar-refractivity contribution is -0.671. The Morgan fingerprint density at radius 1 is 1.16 bits per heavy atom. The predicted molar refractivity (Wildman–Crippen MR) is 69.7 cm³/mol. The van der Waals surface area contributed by atoms with Gasteiger partial charge < -0.3 is 4.42 Å². The van der Waals surface area contributed by atoms with E-state index in [4.69, 9.17) is 4.42 Å². The fraction of sp³-hybridized carbons (Fsp3) is 0.0667. The summed E-state index contributed by atoms with van der Waals surface area (Å²) in [5.74, 6) is 0. The van der Waals surface area contributed by atoms with Crippen LogP contribution in [0, 0.1) is 0 Å². The first kappa shape index (κ1) is 9.33. The van der Waals surface area contributed by atoms with Crippen molar-refractivity contribution in [1.29, 1.82) is 0 Å². The van der Waals surface area contributed by atoms with Crippen molar-refractivity contribution in [2.45, 2.75) is 6.54 Å². The summed E-state index contributed by atoms with van der Waals surface area (Å²) < 4.78 is 10.2. The average Bonchev–Trinajstić information content (AvgIpc) is 3.05. The second kappa shape index (κ2) is 3.03. The van der Waals surface area contributed by atoms with E-state index in [2.05, 4.69) is 44.5 Å². The number of nitrogens with zero attached hydrogens (tertiary/aromatic N) is 3. The molecule has 4 heteroatoms. The molecule has 0 bridgehead atoms. The van der Waals surface area contributed by atoms with Crippen molar-refractivity contribution >= 4 is 16.9 Å². The second-order valence-electron chi connectivity index (χ2n) is 4.85. The predicted octanol–water partition coefficient (Wildman–Crippen LogP) is 2.40. The smallest absolute Gasteiger partial charge is 0.345 e. The maximum Gasteiger partial charge on any atom is 0.345 e. The standard InChI is InChI=1S/C15H10N3O/c1-2-5-11-10(4-1)8-17-9-18-12-6-3-7-16-14(12)19-15(18)13(11)17/h1-7,9H,8H2/q+1. The van der Waals surface area contributed by atoms with Gasteiger partial charge in [-0.3, -0.25) is 0 Å². The van der Waals surface area contributed by atoms with E-state index in [0.717, 1.165) is 23.5 Å². The number of hydrogen-bond donors (Lipinski definition) is 0. The minimum Gasteiger partial charge on any atom is -0.396 e. The SMILES string of the molecule is c1ccc2c(c1)C[n+]1cn3c(oc4ncccc43)c1-2. The van der Waals surface area contributed by atoms with Gasteiger partial charge in [-0.05, 0) is 18.2 Å². The van der Waals surface area contributed by atoms with E-state index in [-0.39, 0.29) is 0 Å². The fourth-order valence-corrected chi connectivity index (χ4v) is 2.95. The molecule has 1 aromatic carbocycles. The van der Waals surface area contributed by atoms with Gasteiger partial charge in [0.05, 0.1) is 0 Å². The first-order valence-electron chi connectivity index (χ1n) is 6.28. The number of benzene rings is 1. The lowest BCUT2D eigenvalue weighted by Crippen LogP contribution is -2.29. The minimum atomic E-state index is 0.685. The summed E-state index contributed by atoms with van der Waals surface area (Å²) in [4.78, 5) is 4.28. The van der Waals surface area contributed by atoms with Crippen LogP contribution in [0.1, 0.15) is 5.56 Å². The summed E-state index contributed by atoms with van der Waals surface area (Å²) in [5.41, 5.74) is 6.31. The van der Waals surface area contributed by atoms with Crippen LogP contribution in [0.25, 0.3) is 28.2 Å². The molecule has 1 aliphatic heterocycles. The van der Waals surface area contributed by atoms with Gasteiger partial charge >= 0.3 is 5.71 Å². The molecule has 0 radical (unpaired) electrons. The fourth-order valence-electron chi connectivity index (χ4n) is 2.95. The Labute approximate surface area is 108 Å². The molecule has 4 nitrogen and oxygen atoms in total. The topological polar surface area (TPSA) is 34.3 Å². The van der Waals surface area contributed by atoms with Crippen molar-refractivity contribution in [3.8, 4) is 11.3 Å². The van der Waals surface area contributed by atoms with Gasteiger partial charge in [0.2, 0.25) is 5.69 Å². The van der Waals surface area contributed by atoms with Crippen molar-refractivity contribution < 1.29 is 8.98 Å². The average molecular weight is 248 g/mol. The summed E-state index contributed by atoms with van der Waals surface area (Å²) >= 11 is 0. The van der Waals surface area contributed by atoms with Gasteiger partial charge in [0, 0.05) is 17.3 Å². The zero-order valence-electron chi connectivity index (χ0n) is 10.1. The van der Waals surface area contributed by atoms with E-state index in [1.807, 2.05) is 12.1 Å². The third-order valence-corrected chi connectivity index (χ3v) is 3.78. The van der Waals surface area contributed by atoms with Gasteiger partial charge in [-0.1, -0.05) is 18.2 Å². The molecule has 19 heavy (non-hydrogen) atoms. The van der Waals surface area contributed by atoms with Crippen LogP contribution in [-0.4, -0.2) is 9.38 Å². The number of imidazole rings is 1. The number of aromatic nitrogens is 3. The molecular formula is C15H10N3O+. The lowest BCUT2D eigenvalue weighted by atomic mass is 10.1. The number of rotatable bonds is 0. The van der Waals surface area contributed by atoms with Crippen molar-refractivity contribution in [1.82, 2.24) is 9.38 Å². The highest BCUT2D eigenvalue weighted by Crippen LogP contribution is 2.32. The summed E-state index contributed by atoms with van der Waals surface area (Å²) in [7, 11) is 0. The molecule has 5 rings (SSSR count). The van der Waals surface area contributed by atoms with Crippen LogP contribution in [0.2, 0.25) is 0 Å². The lowest BCUT2D eigenvalue weighted by Gasteiger charge is -1.91. The van der Waals surface area contributed by atoms with Crippen molar-refractivity contribution in [3.05, 3.63) is 54.5 Å². The molecule has 3 aromatic heterocycles. The van der Waals surface area contributed by atoms with Crippen molar-refractivity contribution in [3.63, 3.8) is 0 Å². The Morgan fingerprint density at radius 3 is 3.11 bits per heavy atom. The van der Waals surface area contributed by atoms with Crippen LogP contribution in [0.3, 0.4) is 0 Å². The molecule has 0 amide bonds. The van der Waals surface area contributed by atoms with Crippen LogP contribution in [0.5, 0.6) is 0 Å². The molecule has 0 fully saturated rings. The quantitative estimate of drug-likeness (QED) is 0.394. The van der Waals surface area contributed by atoms with Gasteiger partial charge in [0.15, 0.2) is 5.52 Å². The first-order chi connectivity index (χ1) is 9.42. The monoisotopic (exact) mass is 248 g/mol. The number of oxazole rings is 1. The van der Waals surface area contributed by atoms with E-state index >= 15 is 0 Å². The molecule has 0 unspecified atom stereocenters. The van der Waals surface area contributed by atoms with Crippen LogP contribution < -0.4 is 4.57 Å². The van der Waals surface area contributed by atoms with Crippen LogP contribution >= 0.6 is 0 Å². The van der Waals surface area contributed by atoms with Crippen molar-refractivity contribution in [2.75, 3.05) is 0 Å². The van der Waals surface area contributed by atoms with Gasteiger partial charge in [-0.15, -0.1) is 0 Å². The number of fused-ring (bicyclic) bond motifs is 7. The molecule has 0 aliphatic carbocycles. The molecule has 0 N–H and O–H groups in total. The molecule has 0 saturated heterocycles. The molecule has 0 atom stereocenters. The van der Waals surface area contributed by atoms with Gasteiger partial charge in [-0.25, -0.2) is 9.55 Å². The highest BCUT2D eigenvalue weighted by Gasteiger charge is 2.32. The summed E-state index contributed by atoms with van der Waals surface area (Å²) in [6, 6.07) is 12.4. The van der Waals surface area contributed by atoms with E-state index in [1.54, 1.807) is 6.20 Å². The zero-order chi connectivity index (χ0) is 12.4. The third kappa shape index (κ3) is 1.04. The molecule has 0 spiro atoms. The Balaban J connectivity index is 1.97. The summed E-state index contributed by atoms with van der Waals surface area (Å²) in [6.45, 7) is 0.907.